The second-order valence-corrected chi connectivity index (χ2v) is 10.3. The van der Waals surface area contributed by atoms with Crippen LogP contribution in [0.5, 0.6) is 0 Å². The Balaban J connectivity index is 1.61. The molecule has 0 fully saturated rings. The van der Waals surface area contributed by atoms with Crippen molar-refractivity contribution in [2.75, 3.05) is 0 Å². The van der Waals surface area contributed by atoms with Gasteiger partial charge in [-0.25, -0.2) is 9.61 Å². The molecule has 0 spiro atoms. The van der Waals surface area contributed by atoms with Crippen LogP contribution < -0.4 is 0 Å². The maximum atomic E-state index is 4.99. The lowest BCUT2D eigenvalue weighted by Gasteiger charge is -2.17. The van der Waals surface area contributed by atoms with Crippen LogP contribution in [0.25, 0.3) is 34.2 Å². The Morgan fingerprint density at radius 2 is 1.80 bits per heavy atom. The van der Waals surface area contributed by atoms with Crippen molar-refractivity contribution in [2.24, 2.45) is 0 Å². The molecule has 0 bridgehead atoms. The number of aromatic nitrogens is 4. The van der Waals surface area contributed by atoms with Gasteiger partial charge >= 0.3 is 4.84 Å². The predicted molar refractivity (Wildman–Crippen MR) is 157 cm³/mol. The highest BCUT2D eigenvalue weighted by Gasteiger charge is 2.14. The van der Waals surface area contributed by atoms with E-state index in [1.165, 1.54) is 27.8 Å². The van der Waals surface area contributed by atoms with Gasteiger partial charge in [-0.2, -0.15) is 10.1 Å². The van der Waals surface area contributed by atoms with E-state index in [0.29, 0.717) is 12.2 Å². The highest BCUT2D eigenvalue weighted by molar-refractivity contribution is 14.2. The molecule has 0 saturated heterocycles. The normalized spacial score (nSPS) is 12.7. The van der Waals surface area contributed by atoms with Crippen LogP contribution in [0.2, 0.25) is 0 Å². The highest BCUT2D eigenvalue weighted by atomic mass is 127. The molecule has 5 rings (SSSR count). The number of nitrogens with zero attached hydrogens (tertiary/aromatic N) is 3. The molecule has 2 aromatic heterocycles. The third-order valence-corrected chi connectivity index (χ3v) is 7.86. The number of H-pyrrole nitrogens is 1. The second-order valence-electron chi connectivity index (χ2n) is 7.91. The van der Waals surface area contributed by atoms with Crippen LogP contribution in [0, 0.1) is 4.84 Å². The maximum Gasteiger partial charge on any atom is 0.314 e. The molecule has 5 aromatic rings. The lowest BCUT2D eigenvalue weighted by atomic mass is 9.87. The number of rotatable bonds is 7. The molecule has 0 aliphatic carbocycles. The number of hydrogen-bond acceptors (Lipinski definition) is 4. The third-order valence-electron chi connectivity index (χ3n) is 5.80. The summed E-state index contributed by atoms with van der Waals surface area (Å²) in [4.78, 5) is 4.30. The molecule has 0 amide bonds. The van der Waals surface area contributed by atoms with Crippen LogP contribution >= 0.6 is 40.6 Å². The van der Waals surface area contributed by atoms with E-state index in [2.05, 4.69) is 117 Å². The van der Waals surface area contributed by atoms with Crippen molar-refractivity contribution in [2.45, 2.75) is 13.3 Å². The van der Waals surface area contributed by atoms with E-state index in [0.717, 1.165) is 22.9 Å². The fourth-order valence-corrected chi connectivity index (χ4v) is 5.87. The number of allylic oxidation sites excluding steroid dienone is 1. The Labute approximate surface area is 223 Å². The largest absolute Gasteiger partial charge is 0.348 e. The van der Waals surface area contributed by atoms with Gasteiger partial charge in [-0.1, -0.05) is 73.7 Å². The summed E-state index contributed by atoms with van der Waals surface area (Å²) in [7, 11) is 0. The Bertz CT molecular complexity index is 1580. The van der Waals surface area contributed by atoms with E-state index in [1.54, 1.807) is 0 Å². The van der Waals surface area contributed by atoms with Crippen LogP contribution in [-0.2, 0) is 0 Å². The van der Waals surface area contributed by atoms with Crippen LogP contribution in [0.4, 0.5) is 0 Å². The average Bonchev–Trinajstić information content (AvgIpc) is 3.52. The maximum absolute atomic E-state index is 4.99. The van der Waals surface area contributed by atoms with Crippen LogP contribution in [-0.4, -0.2) is 19.7 Å². The number of fused-ring (bicyclic) bond motifs is 1. The number of benzene rings is 3. The molecule has 1 N–H and O–H groups in total. The Hall–Kier alpha value is -2.87. The van der Waals surface area contributed by atoms with Gasteiger partial charge in [-0.05, 0) is 92.3 Å². The Morgan fingerprint density at radius 1 is 1.03 bits per heavy atom. The first-order chi connectivity index (χ1) is 17.2. The van der Waals surface area contributed by atoms with E-state index in [4.69, 9.17) is 16.7 Å². The molecule has 174 valence electrons. The topological polar surface area (TPSA) is 59.6 Å². The van der Waals surface area contributed by atoms with Crippen molar-refractivity contribution in [3.05, 3.63) is 112 Å². The molecule has 5 nitrogen and oxygen atoms in total. The number of nitrogens with one attached hydrogen (secondary N) is 1. The van der Waals surface area contributed by atoms with E-state index >= 15 is 0 Å². The quantitative estimate of drug-likeness (QED) is 0.0873. The van der Waals surface area contributed by atoms with Crippen molar-refractivity contribution in [3.8, 4) is 0 Å². The molecule has 2 heterocycles. The standard InChI is InChI=1S/C27H22IN4OPS/c1-2-23(19-6-4-3-5-7-19)26(21-13-14-24-22(16-21)17-29-32(24)34-28)20-11-8-18(9-12-20)10-15-25-30-27(35)33-31-25/h3-17,34H,2H2,1H3,(H,30,31,35)/b15-10+,26-23+. The zero-order valence-electron chi connectivity index (χ0n) is 18.9. The fraction of sp³-hybridized carbons (Fsp3) is 0.0741. The van der Waals surface area contributed by atoms with Crippen LogP contribution in [0.3, 0.4) is 0 Å². The van der Waals surface area contributed by atoms with E-state index in [-0.39, 0.29) is 4.84 Å². The van der Waals surface area contributed by atoms with Gasteiger partial charge < -0.3 is 4.52 Å². The van der Waals surface area contributed by atoms with Gasteiger partial charge in [0, 0.05) is 5.39 Å². The van der Waals surface area contributed by atoms with Crippen molar-refractivity contribution in [3.63, 3.8) is 0 Å². The first-order valence-corrected chi connectivity index (χ1v) is 15.6. The first kappa shape index (κ1) is 23.9. The summed E-state index contributed by atoms with van der Waals surface area (Å²) in [5, 5.41) is 8.39. The zero-order chi connectivity index (χ0) is 24.2. The summed E-state index contributed by atoms with van der Waals surface area (Å²) in [5.41, 5.74) is 8.37. The van der Waals surface area contributed by atoms with Gasteiger partial charge in [0.15, 0.2) is 5.82 Å². The first-order valence-electron chi connectivity index (χ1n) is 11.1. The fourth-order valence-electron chi connectivity index (χ4n) is 4.18. The summed E-state index contributed by atoms with van der Waals surface area (Å²) in [5.74, 6) is 0.595. The lowest BCUT2D eigenvalue weighted by molar-refractivity contribution is 0.403. The van der Waals surface area contributed by atoms with E-state index in [1.807, 2.05) is 22.8 Å². The number of halogens is 1. The smallest absolute Gasteiger partial charge is 0.314 e. The molecule has 3 aromatic carbocycles. The number of hydrogen-bond donors (Lipinski definition) is 1. The minimum absolute atomic E-state index is 0.198. The minimum Gasteiger partial charge on any atom is -0.348 e. The summed E-state index contributed by atoms with van der Waals surface area (Å²) in [6.07, 6.45) is 7.28. The van der Waals surface area contributed by atoms with Crippen LogP contribution in [0.15, 0.2) is 83.5 Å². The van der Waals surface area contributed by atoms with Crippen molar-refractivity contribution in [1.82, 2.24) is 19.7 Å². The summed E-state index contributed by atoms with van der Waals surface area (Å²) in [6, 6.07) is 25.9. The lowest BCUT2D eigenvalue weighted by Crippen LogP contribution is -1.95. The molecule has 35 heavy (non-hydrogen) atoms. The second kappa shape index (κ2) is 10.8. The molecular formula is C27H22IN4OPS. The van der Waals surface area contributed by atoms with Gasteiger partial charge in [0.2, 0.25) is 0 Å². The van der Waals surface area contributed by atoms with Gasteiger partial charge in [0.25, 0.3) is 0 Å². The van der Waals surface area contributed by atoms with Crippen molar-refractivity contribution < 1.29 is 4.52 Å². The van der Waals surface area contributed by atoms with E-state index < -0.39 is 0 Å². The Kier molecular flexibility index (Phi) is 7.37. The van der Waals surface area contributed by atoms with Gasteiger partial charge in [-0.15, -0.1) is 0 Å². The SMILES string of the molecule is CC/C(=C(/c1ccc(/C=C/c2nc(=S)o[nH]2)cc1)c1ccc2c(cnn2PI)c1)c1ccccc1. The molecule has 0 radical (unpaired) electrons. The van der Waals surface area contributed by atoms with E-state index in [9.17, 15) is 0 Å². The highest BCUT2D eigenvalue weighted by Crippen LogP contribution is 2.37. The van der Waals surface area contributed by atoms with Gasteiger partial charge in [0.1, 0.15) is 0 Å². The Morgan fingerprint density at radius 3 is 2.49 bits per heavy atom. The van der Waals surface area contributed by atoms with Gasteiger partial charge in [-0.3, -0.25) is 0 Å². The average molecular weight is 608 g/mol. The molecule has 0 aliphatic heterocycles. The minimum atomic E-state index is 0.198. The molecule has 8 heteroatoms. The summed E-state index contributed by atoms with van der Waals surface area (Å²) < 4.78 is 7.03. The molecule has 1 atom stereocenters. The number of aromatic amines is 1. The zero-order valence-corrected chi connectivity index (χ0v) is 22.9. The summed E-state index contributed by atoms with van der Waals surface area (Å²) >= 11 is 7.28. The molecular weight excluding hydrogens is 586 g/mol. The molecule has 0 saturated carbocycles. The monoisotopic (exact) mass is 608 g/mol. The predicted octanol–water partition coefficient (Wildman–Crippen LogP) is 8.41. The van der Waals surface area contributed by atoms with Crippen molar-refractivity contribution >= 4 is 74.8 Å². The van der Waals surface area contributed by atoms with Gasteiger partial charge in [0.05, 0.1) is 18.1 Å². The van der Waals surface area contributed by atoms with Crippen LogP contribution in [0.1, 0.15) is 41.4 Å². The molecule has 1 unspecified atom stereocenters. The molecule has 0 aliphatic rings. The van der Waals surface area contributed by atoms with Crippen molar-refractivity contribution in [1.29, 1.82) is 0 Å². The summed E-state index contributed by atoms with van der Waals surface area (Å²) in [6.45, 7) is 2.22. The third kappa shape index (κ3) is 5.22.